The summed E-state index contributed by atoms with van der Waals surface area (Å²) in [6, 6.07) is 3.71. The first-order valence-electron chi connectivity index (χ1n) is 6.28. The second-order valence-corrected chi connectivity index (χ2v) is 7.87. The Morgan fingerprint density at radius 2 is 1.53 bits per heavy atom. The van der Waals surface area contributed by atoms with E-state index in [4.69, 9.17) is 0 Å². The van der Waals surface area contributed by atoms with Gasteiger partial charge in [-0.15, -0.1) is 0 Å². The summed E-state index contributed by atoms with van der Waals surface area (Å²) in [7, 11) is -1.36. The Balaban J connectivity index is 2.40. The molecular weight excluding hydrogens is 328 g/mol. The molecule has 0 N–H and O–H groups in total. The Kier molecular flexibility index (Phi) is 4.35. The van der Waals surface area contributed by atoms with Crippen LogP contribution in [-0.4, -0.2) is 50.8 Å². The highest BCUT2D eigenvalue weighted by molar-refractivity contribution is 9.10. The molecule has 0 saturated carbocycles. The molecule has 0 atom stereocenters. The van der Waals surface area contributed by atoms with Crippen molar-refractivity contribution in [2.24, 2.45) is 0 Å². The van der Waals surface area contributed by atoms with Crippen molar-refractivity contribution >= 4 is 26.0 Å². The van der Waals surface area contributed by atoms with Gasteiger partial charge in [-0.3, -0.25) is 0 Å². The molecular formula is C13H19BrN2O2S. The number of aryl methyl sites for hydroxylation is 2. The van der Waals surface area contributed by atoms with Crippen molar-refractivity contribution in [2.45, 2.75) is 18.7 Å². The molecule has 2 rings (SSSR count). The van der Waals surface area contributed by atoms with Gasteiger partial charge in [-0.2, -0.15) is 4.31 Å². The molecule has 1 aliphatic heterocycles. The zero-order valence-corrected chi connectivity index (χ0v) is 13.9. The van der Waals surface area contributed by atoms with Crippen molar-refractivity contribution in [3.05, 3.63) is 27.7 Å². The van der Waals surface area contributed by atoms with Crippen LogP contribution in [0.5, 0.6) is 0 Å². The standard InChI is InChI=1S/C13H19BrN2O2S/c1-10-8-12(14)9-11(2)13(10)19(17,18)16-6-4-15(3)5-7-16/h8-9H,4-7H2,1-3H3. The minimum Gasteiger partial charge on any atom is -0.304 e. The molecule has 1 fully saturated rings. The summed E-state index contributed by atoms with van der Waals surface area (Å²) in [5, 5.41) is 0. The van der Waals surface area contributed by atoms with E-state index >= 15 is 0 Å². The normalized spacial score (nSPS) is 18.7. The third-order valence-electron chi connectivity index (χ3n) is 3.49. The number of piperazine rings is 1. The van der Waals surface area contributed by atoms with Crippen molar-refractivity contribution in [1.82, 2.24) is 9.21 Å². The van der Waals surface area contributed by atoms with Crippen LogP contribution in [0.4, 0.5) is 0 Å². The van der Waals surface area contributed by atoms with Gasteiger partial charge in [-0.05, 0) is 44.2 Å². The van der Waals surface area contributed by atoms with E-state index < -0.39 is 10.0 Å². The van der Waals surface area contributed by atoms with Gasteiger partial charge in [-0.25, -0.2) is 8.42 Å². The van der Waals surface area contributed by atoms with Crippen LogP contribution in [0.25, 0.3) is 0 Å². The Labute approximate surface area is 123 Å². The number of benzene rings is 1. The molecule has 0 amide bonds. The molecule has 0 aliphatic carbocycles. The molecule has 0 spiro atoms. The SMILES string of the molecule is Cc1cc(Br)cc(C)c1S(=O)(=O)N1CCN(C)CC1. The molecule has 6 heteroatoms. The molecule has 0 aromatic heterocycles. The summed E-state index contributed by atoms with van der Waals surface area (Å²) in [4.78, 5) is 2.60. The van der Waals surface area contributed by atoms with Gasteiger partial charge in [0.15, 0.2) is 0 Å². The quantitative estimate of drug-likeness (QED) is 0.822. The Hall–Kier alpha value is -0.430. The number of halogens is 1. The van der Waals surface area contributed by atoms with Gasteiger partial charge >= 0.3 is 0 Å². The first-order valence-corrected chi connectivity index (χ1v) is 8.51. The van der Waals surface area contributed by atoms with Gasteiger partial charge in [0.2, 0.25) is 10.0 Å². The zero-order chi connectivity index (χ0) is 14.2. The summed E-state index contributed by atoms with van der Waals surface area (Å²) in [6.07, 6.45) is 0. The van der Waals surface area contributed by atoms with E-state index in [-0.39, 0.29) is 0 Å². The lowest BCUT2D eigenvalue weighted by atomic mass is 10.2. The number of nitrogens with zero attached hydrogens (tertiary/aromatic N) is 2. The lowest BCUT2D eigenvalue weighted by molar-refractivity contribution is 0.222. The third-order valence-corrected chi connectivity index (χ3v) is 6.15. The summed E-state index contributed by atoms with van der Waals surface area (Å²) >= 11 is 3.40. The van der Waals surface area contributed by atoms with Crippen LogP contribution in [-0.2, 0) is 10.0 Å². The maximum absolute atomic E-state index is 12.7. The fraction of sp³-hybridized carbons (Fsp3) is 0.538. The van der Waals surface area contributed by atoms with Gasteiger partial charge in [-0.1, -0.05) is 15.9 Å². The molecule has 106 valence electrons. The number of sulfonamides is 1. The predicted molar refractivity (Wildman–Crippen MR) is 79.9 cm³/mol. The Bertz CT molecular complexity index is 555. The fourth-order valence-corrected chi connectivity index (χ4v) is 4.98. The molecule has 1 heterocycles. The van der Waals surface area contributed by atoms with Gasteiger partial charge in [0.25, 0.3) is 0 Å². The van der Waals surface area contributed by atoms with E-state index in [1.54, 1.807) is 4.31 Å². The average Bonchev–Trinajstić information content (AvgIpc) is 2.27. The summed E-state index contributed by atoms with van der Waals surface area (Å²) < 4.78 is 28.0. The molecule has 19 heavy (non-hydrogen) atoms. The first kappa shape index (κ1) is 15.0. The van der Waals surface area contributed by atoms with Crippen LogP contribution in [0, 0.1) is 13.8 Å². The number of hydrogen-bond acceptors (Lipinski definition) is 3. The maximum atomic E-state index is 12.7. The van der Waals surface area contributed by atoms with E-state index in [0.717, 1.165) is 28.7 Å². The predicted octanol–water partition coefficient (Wildman–Crippen LogP) is 2.00. The Morgan fingerprint density at radius 3 is 2.00 bits per heavy atom. The van der Waals surface area contributed by atoms with Crippen molar-refractivity contribution in [3.8, 4) is 0 Å². The van der Waals surface area contributed by atoms with Gasteiger partial charge in [0.1, 0.15) is 0 Å². The van der Waals surface area contributed by atoms with Crippen molar-refractivity contribution < 1.29 is 8.42 Å². The van der Waals surface area contributed by atoms with Crippen LogP contribution in [0.1, 0.15) is 11.1 Å². The van der Waals surface area contributed by atoms with Crippen LogP contribution < -0.4 is 0 Å². The monoisotopic (exact) mass is 346 g/mol. The maximum Gasteiger partial charge on any atom is 0.243 e. The highest BCUT2D eigenvalue weighted by Gasteiger charge is 2.29. The smallest absolute Gasteiger partial charge is 0.243 e. The first-order chi connectivity index (χ1) is 8.82. The van der Waals surface area contributed by atoms with Gasteiger partial charge in [0.05, 0.1) is 4.90 Å². The van der Waals surface area contributed by atoms with Crippen LogP contribution in [0.2, 0.25) is 0 Å². The average molecular weight is 347 g/mol. The molecule has 1 aromatic carbocycles. The van der Waals surface area contributed by atoms with E-state index in [2.05, 4.69) is 20.8 Å². The number of hydrogen-bond donors (Lipinski definition) is 0. The van der Waals surface area contributed by atoms with E-state index in [9.17, 15) is 8.42 Å². The molecule has 1 aromatic rings. The van der Waals surface area contributed by atoms with Crippen molar-refractivity contribution in [3.63, 3.8) is 0 Å². The second kappa shape index (κ2) is 5.52. The highest BCUT2D eigenvalue weighted by atomic mass is 79.9. The topological polar surface area (TPSA) is 40.6 Å². The lowest BCUT2D eigenvalue weighted by Crippen LogP contribution is -2.47. The summed E-state index contributed by atoms with van der Waals surface area (Å²) in [6.45, 7) is 6.39. The van der Waals surface area contributed by atoms with E-state index in [1.807, 2.05) is 33.0 Å². The van der Waals surface area contributed by atoms with Crippen LogP contribution in [0.3, 0.4) is 0 Å². The largest absolute Gasteiger partial charge is 0.304 e. The van der Waals surface area contributed by atoms with Crippen molar-refractivity contribution in [2.75, 3.05) is 33.2 Å². The lowest BCUT2D eigenvalue weighted by Gasteiger charge is -2.32. The molecule has 1 saturated heterocycles. The number of rotatable bonds is 2. The minimum absolute atomic E-state index is 0.459. The van der Waals surface area contributed by atoms with Gasteiger partial charge < -0.3 is 4.90 Å². The number of likely N-dealkylation sites (N-methyl/N-ethyl adjacent to an activating group) is 1. The highest BCUT2D eigenvalue weighted by Crippen LogP contribution is 2.27. The molecule has 0 radical (unpaired) electrons. The zero-order valence-electron chi connectivity index (χ0n) is 11.5. The van der Waals surface area contributed by atoms with E-state index in [0.29, 0.717) is 18.0 Å². The molecule has 1 aliphatic rings. The van der Waals surface area contributed by atoms with E-state index in [1.165, 1.54) is 0 Å². The third kappa shape index (κ3) is 3.02. The van der Waals surface area contributed by atoms with Crippen LogP contribution in [0.15, 0.2) is 21.5 Å². The molecule has 4 nitrogen and oxygen atoms in total. The second-order valence-electron chi connectivity index (χ2n) is 5.08. The molecule has 0 bridgehead atoms. The van der Waals surface area contributed by atoms with Crippen LogP contribution >= 0.6 is 15.9 Å². The van der Waals surface area contributed by atoms with Crippen molar-refractivity contribution in [1.29, 1.82) is 0 Å². The van der Waals surface area contributed by atoms with Gasteiger partial charge in [0, 0.05) is 30.7 Å². The summed E-state index contributed by atoms with van der Waals surface area (Å²) in [5.74, 6) is 0. The minimum atomic E-state index is -3.38. The fourth-order valence-electron chi connectivity index (χ4n) is 2.46. The molecule has 0 unspecified atom stereocenters. The Morgan fingerprint density at radius 1 is 1.05 bits per heavy atom. The summed E-state index contributed by atoms with van der Waals surface area (Å²) in [5.41, 5.74) is 1.59.